The molecule has 0 atom stereocenters. The SMILES string of the molecule is CC(=O)N1CCN(CCNC(N)=NCCCN2CCOCC2)CC1. The number of nitrogens with two attached hydrogens (primary N) is 1. The number of hydrogen-bond donors (Lipinski definition) is 2. The van der Waals surface area contributed by atoms with Crippen LogP contribution in [0.1, 0.15) is 13.3 Å². The third-order valence-corrected chi connectivity index (χ3v) is 4.57. The van der Waals surface area contributed by atoms with Crippen LogP contribution in [0, 0.1) is 0 Å². The molecule has 0 radical (unpaired) electrons. The van der Waals surface area contributed by atoms with Gasteiger partial charge in [0.2, 0.25) is 5.91 Å². The standard InChI is InChI=1S/C16H32N6O2/c1-15(23)22-9-7-21(8-10-22)6-4-19-16(17)18-3-2-5-20-11-13-24-14-12-20/h2-14H2,1H3,(H3,17,18,19). The minimum Gasteiger partial charge on any atom is -0.379 e. The fourth-order valence-electron chi connectivity index (χ4n) is 3.00. The van der Waals surface area contributed by atoms with Gasteiger partial charge in [-0.2, -0.15) is 0 Å². The lowest BCUT2D eigenvalue weighted by molar-refractivity contribution is -0.130. The Labute approximate surface area is 145 Å². The van der Waals surface area contributed by atoms with E-state index in [0.717, 1.165) is 85.1 Å². The number of ether oxygens (including phenoxy) is 1. The highest BCUT2D eigenvalue weighted by Crippen LogP contribution is 2.01. The molecule has 2 saturated heterocycles. The van der Waals surface area contributed by atoms with Crippen LogP contribution < -0.4 is 11.1 Å². The van der Waals surface area contributed by atoms with E-state index in [-0.39, 0.29) is 5.91 Å². The first-order valence-electron chi connectivity index (χ1n) is 8.97. The van der Waals surface area contributed by atoms with Crippen molar-refractivity contribution in [3.63, 3.8) is 0 Å². The van der Waals surface area contributed by atoms with E-state index in [2.05, 4.69) is 20.1 Å². The van der Waals surface area contributed by atoms with E-state index in [0.29, 0.717) is 5.96 Å². The first-order chi connectivity index (χ1) is 11.6. The monoisotopic (exact) mass is 340 g/mol. The number of morpholine rings is 1. The molecule has 0 unspecified atom stereocenters. The number of carbonyl (C=O) groups excluding carboxylic acids is 1. The van der Waals surface area contributed by atoms with Crippen LogP contribution in [0.25, 0.3) is 0 Å². The van der Waals surface area contributed by atoms with Crippen molar-refractivity contribution < 1.29 is 9.53 Å². The van der Waals surface area contributed by atoms with Crippen LogP contribution in [0.5, 0.6) is 0 Å². The number of carbonyl (C=O) groups is 1. The Morgan fingerprint density at radius 3 is 2.42 bits per heavy atom. The molecule has 0 aromatic heterocycles. The number of guanidine groups is 1. The molecule has 0 aliphatic carbocycles. The maximum absolute atomic E-state index is 11.3. The highest BCUT2D eigenvalue weighted by Gasteiger charge is 2.17. The third-order valence-electron chi connectivity index (χ3n) is 4.57. The smallest absolute Gasteiger partial charge is 0.219 e. The van der Waals surface area contributed by atoms with E-state index in [1.54, 1.807) is 6.92 Å². The van der Waals surface area contributed by atoms with Crippen LogP contribution in [0.2, 0.25) is 0 Å². The number of nitrogens with zero attached hydrogens (tertiary/aromatic N) is 4. The van der Waals surface area contributed by atoms with Crippen molar-refractivity contribution in [1.82, 2.24) is 20.0 Å². The lowest BCUT2D eigenvalue weighted by atomic mass is 10.3. The summed E-state index contributed by atoms with van der Waals surface area (Å²) in [5.74, 6) is 0.695. The highest BCUT2D eigenvalue weighted by molar-refractivity contribution is 5.77. The minimum absolute atomic E-state index is 0.168. The molecule has 2 aliphatic heterocycles. The Hall–Kier alpha value is -1.38. The third kappa shape index (κ3) is 7.02. The molecule has 24 heavy (non-hydrogen) atoms. The summed E-state index contributed by atoms with van der Waals surface area (Å²) in [5.41, 5.74) is 5.90. The Balaban J connectivity index is 1.49. The molecule has 2 fully saturated rings. The van der Waals surface area contributed by atoms with Gasteiger partial charge in [0.1, 0.15) is 0 Å². The first kappa shape index (κ1) is 19.0. The first-order valence-corrected chi connectivity index (χ1v) is 8.97. The van der Waals surface area contributed by atoms with Crippen LogP contribution in [-0.2, 0) is 9.53 Å². The lowest BCUT2D eigenvalue weighted by Gasteiger charge is -2.34. The van der Waals surface area contributed by atoms with Crippen LogP contribution in [0.15, 0.2) is 4.99 Å². The Kier molecular flexibility index (Phi) is 8.27. The van der Waals surface area contributed by atoms with Gasteiger partial charge in [-0.05, 0) is 6.42 Å². The molecule has 1 amide bonds. The van der Waals surface area contributed by atoms with Crippen molar-refractivity contribution in [2.24, 2.45) is 10.7 Å². The molecule has 0 saturated carbocycles. The van der Waals surface area contributed by atoms with Crippen LogP contribution in [-0.4, -0.2) is 105 Å². The molecule has 0 bridgehead atoms. The number of rotatable bonds is 7. The van der Waals surface area contributed by atoms with Gasteiger partial charge in [0.05, 0.1) is 13.2 Å². The average Bonchev–Trinajstić information content (AvgIpc) is 2.60. The number of piperazine rings is 1. The summed E-state index contributed by atoms with van der Waals surface area (Å²) in [6.45, 7) is 12.4. The summed E-state index contributed by atoms with van der Waals surface area (Å²) in [5, 5.41) is 3.17. The molecule has 138 valence electrons. The van der Waals surface area contributed by atoms with Gasteiger partial charge in [0, 0.05) is 72.4 Å². The van der Waals surface area contributed by atoms with Gasteiger partial charge in [-0.15, -0.1) is 0 Å². The molecular weight excluding hydrogens is 308 g/mol. The predicted octanol–water partition coefficient (Wildman–Crippen LogP) is -1.22. The molecule has 3 N–H and O–H groups in total. The fraction of sp³-hybridized carbons (Fsp3) is 0.875. The lowest BCUT2D eigenvalue weighted by Crippen LogP contribution is -2.50. The second kappa shape index (κ2) is 10.5. The van der Waals surface area contributed by atoms with Crippen LogP contribution in [0.3, 0.4) is 0 Å². The molecule has 8 heteroatoms. The number of amides is 1. The largest absolute Gasteiger partial charge is 0.379 e. The topological polar surface area (TPSA) is 86.4 Å². The van der Waals surface area contributed by atoms with Gasteiger partial charge < -0.3 is 20.7 Å². The Morgan fingerprint density at radius 1 is 1.08 bits per heavy atom. The van der Waals surface area contributed by atoms with Crippen LogP contribution >= 0.6 is 0 Å². The molecule has 2 aliphatic rings. The second-order valence-corrected chi connectivity index (χ2v) is 6.35. The van der Waals surface area contributed by atoms with Crippen molar-refractivity contribution in [2.45, 2.75) is 13.3 Å². The second-order valence-electron chi connectivity index (χ2n) is 6.35. The quantitative estimate of drug-likeness (QED) is 0.343. The number of aliphatic imine (C=N–C) groups is 1. The van der Waals surface area contributed by atoms with Gasteiger partial charge in [0.15, 0.2) is 5.96 Å². The summed E-state index contributed by atoms with van der Waals surface area (Å²) in [4.78, 5) is 22.3. The summed E-state index contributed by atoms with van der Waals surface area (Å²) < 4.78 is 5.33. The van der Waals surface area contributed by atoms with Gasteiger partial charge in [0.25, 0.3) is 0 Å². The normalized spacial score (nSPS) is 21.0. The van der Waals surface area contributed by atoms with Gasteiger partial charge in [-0.3, -0.25) is 19.6 Å². The maximum Gasteiger partial charge on any atom is 0.219 e. The maximum atomic E-state index is 11.3. The minimum atomic E-state index is 0.168. The highest BCUT2D eigenvalue weighted by atomic mass is 16.5. The van der Waals surface area contributed by atoms with E-state index in [9.17, 15) is 4.79 Å². The summed E-state index contributed by atoms with van der Waals surface area (Å²) >= 11 is 0. The Bertz CT molecular complexity index is 403. The zero-order valence-electron chi connectivity index (χ0n) is 14.9. The summed E-state index contributed by atoms with van der Waals surface area (Å²) in [7, 11) is 0. The molecule has 2 rings (SSSR count). The van der Waals surface area contributed by atoms with Crippen LogP contribution in [0.4, 0.5) is 0 Å². The molecule has 0 aromatic carbocycles. The Morgan fingerprint density at radius 2 is 1.75 bits per heavy atom. The number of nitrogens with one attached hydrogen (secondary N) is 1. The summed E-state index contributed by atoms with van der Waals surface area (Å²) in [6.07, 6.45) is 1.02. The molecule has 0 spiro atoms. The van der Waals surface area contributed by atoms with Gasteiger partial charge in [-0.25, -0.2) is 0 Å². The molecule has 2 heterocycles. The van der Waals surface area contributed by atoms with E-state index in [1.165, 1.54) is 0 Å². The van der Waals surface area contributed by atoms with Crippen molar-refractivity contribution in [2.75, 3.05) is 78.7 Å². The van der Waals surface area contributed by atoms with E-state index < -0.39 is 0 Å². The van der Waals surface area contributed by atoms with Crippen molar-refractivity contribution >= 4 is 11.9 Å². The van der Waals surface area contributed by atoms with E-state index in [4.69, 9.17) is 10.5 Å². The summed E-state index contributed by atoms with van der Waals surface area (Å²) in [6, 6.07) is 0. The van der Waals surface area contributed by atoms with Crippen molar-refractivity contribution in [3.8, 4) is 0 Å². The number of hydrogen-bond acceptors (Lipinski definition) is 5. The van der Waals surface area contributed by atoms with E-state index in [1.807, 2.05) is 4.90 Å². The predicted molar refractivity (Wildman–Crippen MR) is 95.1 cm³/mol. The van der Waals surface area contributed by atoms with Crippen molar-refractivity contribution in [3.05, 3.63) is 0 Å². The van der Waals surface area contributed by atoms with Gasteiger partial charge in [-0.1, -0.05) is 0 Å². The molecule has 8 nitrogen and oxygen atoms in total. The van der Waals surface area contributed by atoms with Gasteiger partial charge >= 0.3 is 0 Å². The van der Waals surface area contributed by atoms with Crippen molar-refractivity contribution in [1.29, 1.82) is 0 Å². The zero-order chi connectivity index (χ0) is 17.2. The molecule has 0 aromatic rings. The fourth-order valence-corrected chi connectivity index (χ4v) is 3.00. The average molecular weight is 340 g/mol. The zero-order valence-corrected chi connectivity index (χ0v) is 14.9. The van der Waals surface area contributed by atoms with E-state index >= 15 is 0 Å². The molecular formula is C16H32N6O2.